The standard InChI is InChI=1S/C7H11NO4S2/c9-2-3-12-7(13)8-6-1-4-14(10,11)5-6/h1,4,6,9H,2-3,5H2,(H,8,13)/t6-/m1/s1. The minimum Gasteiger partial charge on any atom is -0.469 e. The average molecular weight is 237 g/mol. The van der Waals surface area contributed by atoms with Crippen LogP contribution in [0.25, 0.3) is 0 Å². The Bertz CT molecular complexity index is 336. The summed E-state index contributed by atoms with van der Waals surface area (Å²) in [5, 5.41) is 12.4. The van der Waals surface area contributed by atoms with Gasteiger partial charge in [-0.05, 0) is 18.3 Å². The van der Waals surface area contributed by atoms with Crippen molar-refractivity contribution in [2.45, 2.75) is 6.04 Å². The maximum absolute atomic E-state index is 11.0. The Morgan fingerprint density at radius 3 is 2.93 bits per heavy atom. The van der Waals surface area contributed by atoms with Crippen LogP contribution in [0.2, 0.25) is 0 Å². The molecule has 0 unspecified atom stereocenters. The highest BCUT2D eigenvalue weighted by Gasteiger charge is 2.22. The second kappa shape index (κ2) is 4.72. The first-order chi connectivity index (χ1) is 6.53. The van der Waals surface area contributed by atoms with Gasteiger partial charge in [-0.3, -0.25) is 0 Å². The monoisotopic (exact) mass is 237 g/mol. The van der Waals surface area contributed by atoms with Gasteiger partial charge in [0.2, 0.25) is 0 Å². The third-order valence-electron chi connectivity index (χ3n) is 1.56. The Hall–Kier alpha value is -0.660. The summed E-state index contributed by atoms with van der Waals surface area (Å²) in [7, 11) is -3.07. The second-order valence-electron chi connectivity index (χ2n) is 2.77. The molecule has 7 heteroatoms. The molecule has 1 heterocycles. The van der Waals surface area contributed by atoms with Gasteiger partial charge < -0.3 is 15.2 Å². The highest BCUT2D eigenvalue weighted by Crippen LogP contribution is 2.07. The summed E-state index contributed by atoms with van der Waals surface area (Å²) in [6, 6.07) is -0.328. The van der Waals surface area contributed by atoms with Crippen LogP contribution in [-0.2, 0) is 14.6 Å². The van der Waals surface area contributed by atoms with Crippen LogP contribution >= 0.6 is 12.2 Å². The second-order valence-corrected chi connectivity index (χ2v) is 5.07. The lowest BCUT2D eigenvalue weighted by atomic mass is 10.3. The molecule has 5 nitrogen and oxygen atoms in total. The van der Waals surface area contributed by atoms with E-state index in [4.69, 9.17) is 22.1 Å². The number of sulfone groups is 1. The molecule has 0 saturated carbocycles. The zero-order valence-corrected chi connectivity index (χ0v) is 8.97. The summed E-state index contributed by atoms with van der Waals surface area (Å²) >= 11 is 4.76. The lowest BCUT2D eigenvalue weighted by Gasteiger charge is -2.12. The van der Waals surface area contributed by atoms with E-state index in [0.29, 0.717) is 0 Å². The van der Waals surface area contributed by atoms with Gasteiger partial charge in [-0.15, -0.1) is 0 Å². The van der Waals surface area contributed by atoms with Gasteiger partial charge in [0.25, 0.3) is 5.17 Å². The molecule has 1 aliphatic rings. The topological polar surface area (TPSA) is 75.6 Å². The first-order valence-corrected chi connectivity index (χ1v) is 6.11. The first kappa shape index (κ1) is 11.4. The van der Waals surface area contributed by atoms with E-state index < -0.39 is 9.84 Å². The van der Waals surface area contributed by atoms with Crippen LogP contribution < -0.4 is 5.32 Å². The van der Waals surface area contributed by atoms with Gasteiger partial charge in [0.1, 0.15) is 6.61 Å². The fraction of sp³-hybridized carbons (Fsp3) is 0.571. The fourth-order valence-electron chi connectivity index (χ4n) is 0.997. The molecule has 0 bridgehead atoms. The van der Waals surface area contributed by atoms with Crippen molar-refractivity contribution in [3.05, 3.63) is 11.5 Å². The van der Waals surface area contributed by atoms with E-state index in [-0.39, 0.29) is 30.2 Å². The zero-order valence-electron chi connectivity index (χ0n) is 7.34. The third kappa shape index (κ3) is 3.60. The molecule has 1 atom stereocenters. The van der Waals surface area contributed by atoms with Gasteiger partial charge in [0.15, 0.2) is 9.84 Å². The predicted molar refractivity (Wildman–Crippen MR) is 55.5 cm³/mol. The smallest absolute Gasteiger partial charge is 0.257 e. The summed E-state index contributed by atoms with van der Waals surface area (Å²) in [5.41, 5.74) is 0. The number of hydrogen-bond donors (Lipinski definition) is 2. The summed E-state index contributed by atoms with van der Waals surface area (Å²) < 4.78 is 26.8. The maximum atomic E-state index is 11.0. The molecule has 0 fully saturated rings. The zero-order chi connectivity index (χ0) is 10.6. The van der Waals surface area contributed by atoms with E-state index in [1.807, 2.05) is 0 Å². The first-order valence-electron chi connectivity index (χ1n) is 3.98. The maximum Gasteiger partial charge on any atom is 0.257 e. The van der Waals surface area contributed by atoms with Gasteiger partial charge in [0, 0.05) is 5.41 Å². The Morgan fingerprint density at radius 1 is 1.71 bits per heavy atom. The SMILES string of the molecule is O=S1(=O)C=C[C@@H](NC(=S)OCCO)C1. The molecular formula is C7H11NO4S2. The van der Waals surface area contributed by atoms with Crippen LogP contribution in [0, 0.1) is 0 Å². The quantitative estimate of drug-likeness (QED) is 0.625. The van der Waals surface area contributed by atoms with Crippen LogP contribution in [0.4, 0.5) is 0 Å². The number of thiocarbonyl (C=S) groups is 1. The number of hydrogen-bond acceptors (Lipinski definition) is 5. The van der Waals surface area contributed by atoms with Crippen molar-refractivity contribution in [3.63, 3.8) is 0 Å². The molecule has 0 aliphatic carbocycles. The molecular weight excluding hydrogens is 226 g/mol. The molecule has 80 valence electrons. The molecule has 0 radical (unpaired) electrons. The Morgan fingerprint density at radius 2 is 2.43 bits per heavy atom. The number of nitrogens with one attached hydrogen (secondary N) is 1. The molecule has 0 spiro atoms. The molecule has 14 heavy (non-hydrogen) atoms. The highest BCUT2D eigenvalue weighted by molar-refractivity contribution is 7.94. The Labute approximate surface area is 87.7 Å². The van der Waals surface area contributed by atoms with E-state index in [0.717, 1.165) is 5.41 Å². The lowest BCUT2D eigenvalue weighted by Crippen LogP contribution is -2.36. The average Bonchev–Trinajstić information content (AvgIpc) is 2.42. The van der Waals surface area contributed by atoms with E-state index in [1.54, 1.807) is 0 Å². The van der Waals surface area contributed by atoms with Crippen molar-refractivity contribution in [2.24, 2.45) is 0 Å². The number of ether oxygens (including phenoxy) is 1. The van der Waals surface area contributed by atoms with Crippen LogP contribution in [0.1, 0.15) is 0 Å². The van der Waals surface area contributed by atoms with Crippen LogP contribution in [0.3, 0.4) is 0 Å². The summed E-state index contributed by atoms with van der Waals surface area (Å²) in [6.07, 6.45) is 1.52. The van der Waals surface area contributed by atoms with E-state index >= 15 is 0 Å². The van der Waals surface area contributed by atoms with Crippen LogP contribution in [0.15, 0.2) is 11.5 Å². The number of aliphatic hydroxyl groups is 1. The third-order valence-corrected chi connectivity index (χ3v) is 3.19. The molecule has 1 rings (SSSR count). The summed E-state index contributed by atoms with van der Waals surface area (Å²) in [4.78, 5) is 0. The van der Waals surface area contributed by atoms with E-state index in [9.17, 15) is 8.42 Å². The molecule has 1 aliphatic heterocycles. The largest absolute Gasteiger partial charge is 0.469 e. The van der Waals surface area contributed by atoms with Gasteiger partial charge in [0.05, 0.1) is 18.4 Å². The van der Waals surface area contributed by atoms with Crippen molar-refractivity contribution in [2.75, 3.05) is 19.0 Å². The Kier molecular flexibility index (Phi) is 3.85. The number of rotatable bonds is 3. The number of aliphatic hydroxyl groups excluding tert-OH is 1. The molecule has 2 N–H and O–H groups in total. The Balaban J connectivity index is 2.34. The minimum atomic E-state index is -3.07. The summed E-state index contributed by atoms with van der Waals surface area (Å²) in [5.74, 6) is -0.00434. The van der Waals surface area contributed by atoms with Crippen molar-refractivity contribution in [1.82, 2.24) is 5.32 Å². The minimum absolute atomic E-state index is 0.00434. The van der Waals surface area contributed by atoms with E-state index in [2.05, 4.69) is 5.32 Å². The normalized spacial score (nSPS) is 23.4. The van der Waals surface area contributed by atoms with Crippen LogP contribution in [-0.4, -0.2) is 43.7 Å². The highest BCUT2D eigenvalue weighted by atomic mass is 32.2. The van der Waals surface area contributed by atoms with Gasteiger partial charge in [-0.25, -0.2) is 8.42 Å². The van der Waals surface area contributed by atoms with E-state index in [1.165, 1.54) is 6.08 Å². The lowest BCUT2D eigenvalue weighted by molar-refractivity contribution is 0.191. The van der Waals surface area contributed by atoms with Crippen molar-refractivity contribution in [1.29, 1.82) is 0 Å². The van der Waals surface area contributed by atoms with Crippen molar-refractivity contribution < 1.29 is 18.3 Å². The molecule has 0 aromatic heterocycles. The van der Waals surface area contributed by atoms with Gasteiger partial charge in [-0.1, -0.05) is 0 Å². The molecule has 0 amide bonds. The summed E-state index contributed by atoms with van der Waals surface area (Å²) in [6.45, 7) is -0.0182. The molecule has 0 aromatic rings. The fourth-order valence-corrected chi connectivity index (χ4v) is 2.47. The predicted octanol–water partition coefficient (Wildman–Crippen LogP) is -0.819. The van der Waals surface area contributed by atoms with Crippen molar-refractivity contribution >= 4 is 27.2 Å². The van der Waals surface area contributed by atoms with Crippen LogP contribution in [0.5, 0.6) is 0 Å². The molecule has 0 saturated heterocycles. The van der Waals surface area contributed by atoms with Gasteiger partial charge in [-0.2, -0.15) is 0 Å². The van der Waals surface area contributed by atoms with Crippen molar-refractivity contribution in [3.8, 4) is 0 Å². The van der Waals surface area contributed by atoms with Gasteiger partial charge >= 0.3 is 0 Å². The molecule has 0 aromatic carbocycles.